The van der Waals surface area contributed by atoms with E-state index in [1.165, 1.54) is 5.56 Å². The third kappa shape index (κ3) is 3.86. The van der Waals surface area contributed by atoms with Gasteiger partial charge in [-0.3, -0.25) is 4.99 Å². The first-order valence-electron chi connectivity index (χ1n) is 5.78. The zero-order chi connectivity index (χ0) is 12.8. The highest BCUT2D eigenvalue weighted by molar-refractivity contribution is 6.30. The molecule has 0 aliphatic heterocycles. The Bertz CT molecular complexity index is 553. The van der Waals surface area contributed by atoms with Gasteiger partial charge in [0.2, 0.25) is 0 Å². The summed E-state index contributed by atoms with van der Waals surface area (Å²) in [5.41, 5.74) is 3.04. The molecule has 0 atom stereocenters. The van der Waals surface area contributed by atoms with Crippen LogP contribution in [0.15, 0.2) is 65.7 Å². The van der Waals surface area contributed by atoms with Crippen LogP contribution in [0.3, 0.4) is 0 Å². The number of aliphatic imine (C=N–C) groups is 1. The summed E-state index contributed by atoms with van der Waals surface area (Å²) in [6.07, 6.45) is 4.05. The number of benzene rings is 2. The summed E-state index contributed by atoms with van der Waals surface area (Å²) in [6.45, 7) is 1.98. The maximum absolute atomic E-state index is 5.83. The van der Waals surface area contributed by atoms with Gasteiger partial charge in [-0.1, -0.05) is 48.0 Å². The van der Waals surface area contributed by atoms with Crippen LogP contribution in [0.2, 0.25) is 5.02 Å². The fraction of sp³-hybridized carbons (Fsp3) is 0.0625. The van der Waals surface area contributed by atoms with Crippen molar-refractivity contribution in [1.29, 1.82) is 0 Å². The quantitative estimate of drug-likeness (QED) is 0.673. The highest BCUT2D eigenvalue weighted by Crippen LogP contribution is 2.16. The highest BCUT2D eigenvalue weighted by Gasteiger charge is 1.91. The lowest BCUT2D eigenvalue weighted by atomic mass is 10.2. The van der Waals surface area contributed by atoms with Gasteiger partial charge in [0.1, 0.15) is 0 Å². The molecule has 0 aliphatic carbocycles. The maximum atomic E-state index is 5.83. The van der Waals surface area contributed by atoms with E-state index < -0.39 is 0 Å². The van der Waals surface area contributed by atoms with Gasteiger partial charge in [0, 0.05) is 10.7 Å². The summed E-state index contributed by atoms with van der Waals surface area (Å²) in [4.78, 5) is 4.49. The van der Waals surface area contributed by atoms with Gasteiger partial charge < -0.3 is 0 Å². The van der Waals surface area contributed by atoms with Crippen LogP contribution in [0.5, 0.6) is 0 Å². The molecule has 0 bridgehead atoms. The average Bonchev–Trinajstić information content (AvgIpc) is 2.40. The molecule has 2 rings (SSSR count). The van der Waals surface area contributed by atoms with Crippen LogP contribution < -0.4 is 0 Å². The Kier molecular flexibility index (Phi) is 4.32. The molecule has 0 unspecified atom stereocenters. The number of allylic oxidation sites excluding steroid dienone is 1. The molecule has 18 heavy (non-hydrogen) atoms. The zero-order valence-electron chi connectivity index (χ0n) is 10.2. The first kappa shape index (κ1) is 12.6. The summed E-state index contributed by atoms with van der Waals surface area (Å²) in [7, 11) is 0. The van der Waals surface area contributed by atoms with E-state index in [9.17, 15) is 0 Å². The van der Waals surface area contributed by atoms with E-state index in [1.807, 2.05) is 55.5 Å². The van der Waals surface area contributed by atoms with Crippen LogP contribution >= 0.6 is 11.6 Å². The van der Waals surface area contributed by atoms with Gasteiger partial charge >= 0.3 is 0 Å². The molecule has 1 nitrogen and oxygen atoms in total. The standard InChI is InChI=1S/C16H14ClN/c1-13(7-8-14-5-3-2-4-6-14)18-16-11-9-15(17)10-12-16/h2-12H,1H3/b8-7+,18-13?. The monoisotopic (exact) mass is 255 g/mol. The maximum Gasteiger partial charge on any atom is 0.0633 e. The second-order valence-corrected chi connectivity index (χ2v) is 4.41. The average molecular weight is 256 g/mol. The molecule has 0 aromatic heterocycles. The Labute approximate surface area is 112 Å². The minimum absolute atomic E-state index is 0.728. The lowest BCUT2D eigenvalue weighted by Crippen LogP contribution is -1.83. The Morgan fingerprint density at radius 3 is 2.33 bits per heavy atom. The molecule has 2 aromatic carbocycles. The van der Waals surface area contributed by atoms with E-state index in [0.717, 1.165) is 16.4 Å². The van der Waals surface area contributed by atoms with Crippen molar-refractivity contribution in [2.75, 3.05) is 0 Å². The second kappa shape index (κ2) is 6.18. The van der Waals surface area contributed by atoms with Crippen LogP contribution in [0.4, 0.5) is 5.69 Å². The van der Waals surface area contributed by atoms with Gasteiger partial charge in [-0.2, -0.15) is 0 Å². The predicted octanol–water partition coefficient (Wildman–Crippen LogP) is 5.15. The lowest BCUT2D eigenvalue weighted by molar-refractivity contribution is 1.50. The molecule has 2 heteroatoms. The Balaban J connectivity index is 2.10. The molecule has 0 amide bonds. The van der Waals surface area contributed by atoms with Crippen LogP contribution in [-0.4, -0.2) is 5.71 Å². The molecular weight excluding hydrogens is 242 g/mol. The molecule has 2 aromatic rings. The smallest absolute Gasteiger partial charge is 0.0633 e. The molecule has 90 valence electrons. The number of rotatable bonds is 3. The van der Waals surface area contributed by atoms with Crippen LogP contribution in [0.25, 0.3) is 6.08 Å². The number of hydrogen-bond acceptors (Lipinski definition) is 1. The van der Waals surface area contributed by atoms with Gasteiger partial charge in [-0.25, -0.2) is 0 Å². The van der Waals surface area contributed by atoms with Crippen LogP contribution in [0, 0.1) is 0 Å². The summed E-state index contributed by atoms with van der Waals surface area (Å²) >= 11 is 5.83. The molecule has 0 radical (unpaired) electrons. The molecule has 0 N–H and O–H groups in total. The summed E-state index contributed by atoms with van der Waals surface area (Å²) in [5, 5.41) is 0.728. The van der Waals surface area contributed by atoms with E-state index >= 15 is 0 Å². The van der Waals surface area contributed by atoms with Crippen LogP contribution in [0.1, 0.15) is 12.5 Å². The van der Waals surface area contributed by atoms with E-state index in [0.29, 0.717) is 0 Å². The fourth-order valence-corrected chi connectivity index (χ4v) is 1.66. The Hall–Kier alpha value is -1.86. The van der Waals surface area contributed by atoms with Crippen molar-refractivity contribution in [1.82, 2.24) is 0 Å². The fourth-order valence-electron chi connectivity index (χ4n) is 1.54. The van der Waals surface area contributed by atoms with Crippen molar-refractivity contribution in [2.45, 2.75) is 6.92 Å². The summed E-state index contributed by atoms with van der Waals surface area (Å²) in [5.74, 6) is 0. The van der Waals surface area contributed by atoms with Crippen molar-refractivity contribution in [2.24, 2.45) is 4.99 Å². The molecule has 0 aliphatic rings. The van der Waals surface area contributed by atoms with E-state index in [2.05, 4.69) is 23.2 Å². The van der Waals surface area contributed by atoms with Crippen molar-refractivity contribution >= 4 is 29.1 Å². The third-order valence-electron chi connectivity index (χ3n) is 2.45. The number of hydrogen-bond donors (Lipinski definition) is 0. The minimum Gasteiger partial charge on any atom is -0.254 e. The number of halogens is 1. The minimum atomic E-state index is 0.728. The van der Waals surface area contributed by atoms with E-state index in [1.54, 1.807) is 0 Å². The van der Waals surface area contributed by atoms with Crippen LogP contribution in [-0.2, 0) is 0 Å². The van der Waals surface area contributed by atoms with Gasteiger partial charge in [0.05, 0.1) is 5.69 Å². The van der Waals surface area contributed by atoms with Crippen molar-refractivity contribution < 1.29 is 0 Å². The lowest BCUT2D eigenvalue weighted by Gasteiger charge is -1.96. The normalized spacial score (nSPS) is 12.0. The zero-order valence-corrected chi connectivity index (χ0v) is 10.9. The number of nitrogens with zero attached hydrogens (tertiary/aromatic N) is 1. The van der Waals surface area contributed by atoms with E-state index in [4.69, 9.17) is 11.6 Å². The van der Waals surface area contributed by atoms with Gasteiger partial charge in [0.25, 0.3) is 0 Å². The third-order valence-corrected chi connectivity index (χ3v) is 2.70. The molecule has 0 heterocycles. The Morgan fingerprint density at radius 1 is 1.00 bits per heavy atom. The first-order chi connectivity index (χ1) is 8.74. The molecule has 0 fully saturated rings. The topological polar surface area (TPSA) is 12.4 Å². The molecular formula is C16H14ClN. The largest absolute Gasteiger partial charge is 0.254 e. The van der Waals surface area contributed by atoms with Gasteiger partial charge in [0.15, 0.2) is 0 Å². The summed E-state index contributed by atoms with van der Waals surface area (Å²) < 4.78 is 0. The van der Waals surface area contributed by atoms with Gasteiger partial charge in [-0.15, -0.1) is 0 Å². The molecule has 0 saturated heterocycles. The van der Waals surface area contributed by atoms with Crippen molar-refractivity contribution in [3.63, 3.8) is 0 Å². The molecule has 0 saturated carbocycles. The highest BCUT2D eigenvalue weighted by atomic mass is 35.5. The van der Waals surface area contributed by atoms with E-state index in [-0.39, 0.29) is 0 Å². The molecule has 0 spiro atoms. The Morgan fingerprint density at radius 2 is 1.67 bits per heavy atom. The predicted molar refractivity (Wildman–Crippen MR) is 79.7 cm³/mol. The SMILES string of the molecule is CC(/C=C/c1ccccc1)=Nc1ccc(Cl)cc1. The first-order valence-corrected chi connectivity index (χ1v) is 6.16. The summed E-state index contributed by atoms with van der Waals surface area (Å²) in [6, 6.07) is 17.7. The van der Waals surface area contributed by atoms with Crippen molar-refractivity contribution in [3.05, 3.63) is 71.3 Å². The van der Waals surface area contributed by atoms with Crippen molar-refractivity contribution in [3.8, 4) is 0 Å². The van der Waals surface area contributed by atoms with Gasteiger partial charge in [-0.05, 0) is 42.8 Å². The second-order valence-electron chi connectivity index (χ2n) is 3.97.